The van der Waals surface area contributed by atoms with Gasteiger partial charge < -0.3 is 4.74 Å². The Morgan fingerprint density at radius 1 is 1.10 bits per heavy atom. The van der Waals surface area contributed by atoms with E-state index in [4.69, 9.17) is 4.74 Å². The number of rotatable bonds is 7. The highest BCUT2D eigenvalue weighted by Crippen LogP contribution is 2.39. The molecule has 5 rings (SSSR count). The Hall–Kier alpha value is -2.30. The fourth-order valence-electron chi connectivity index (χ4n) is 7.08. The zero-order valence-corrected chi connectivity index (χ0v) is 25.0. The summed E-state index contributed by atoms with van der Waals surface area (Å²) in [6, 6.07) is 8.38. The first kappa shape index (κ1) is 28.2. The molecule has 4 nitrogen and oxygen atoms in total. The van der Waals surface area contributed by atoms with Gasteiger partial charge in [0.2, 0.25) is 0 Å². The lowest BCUT2D eigenvalue weighted by Crippen LogP contribution is -2.41. The second kappa shape index (κ2) is 12.9. The highest BCUT2D eigenvalue weighted by molar-refractivity contribution is 6.05. The van der Waals surface area contributed by atoms with Crippen LogP contribution in [-0.2, 0) is 4.74 Å². The van der Waals surface area contributed by atoms with Gasteiger partial charge in [-0.05, 0) is 116 Å². The van der Waals surface area contributed by atoms with E-state index in [1.54, 1.807) is 6.34 Å². The Morgan fingerprint density at radius 2 is 1.92 bits per heavy atom. The molecule has 2 unspecified atom stereocenters. The maximum atomic E-state index is 5.67. The Kier molecular flexibility index (Phi) is 9.35. The third-order valence-electron chi connectivity index (χ3n) is 9.34. The van der Waals surface area contributed by atoms with Gasteiger partial charge in [-0.15, -0.1) is 0 Å². The van der Waals surface area contributed by atoms with Crippen molar-refractivity contribution in [3.8, 4) is 0 Å². The van der Waals surface area contributed by atoms with Gasteiger partial charge in [0, 0.05) is 24.8 Å². The van der Waals surface area contributed by atoms with E-state index in [0.717, 1.165) is 45.3 Å². The number of nitrogens with zero attached hydrogens (tertiary/aromatic N) is 3. The maximum absolute atomic E-state index is 5.67. The third-order valence-corrected chi connectivity index (χ3v) is 9.34. The number of benzene rings is 1. The van der Waals surface area contributed by atoms with Gasteiger partial charge >= 0.3 is 0 Å². The van der Waals surface area contributed by atoms with E-state index < -0.39 is 0 Å². The van der Waals surface area contributed by atoms with Gasteiger partial charge in [0.25, 0.3) is 0 Å². The molecule has 0 aromatic heterocycles. The molecule has 2 fully saturated rings. The summed E-state index contributed by atoms with van der Waals surface area (Å²) < 4.78 is 5.67. The quantitative estimate of drug-likeness (QED) is 0.359. The minimum atomic E-state index is 0.367. The second-order valence-corrected chi connectivity index (χ2v) is 12.5. The summed E-state index contributed by atoms with van der Waals surface area (Å²) in [6.45, 7) is 15.9. The number of aryl methyl sites for hydroxylation is 1. The molecule has 4 heteroatoms. The Balaban J connectivity index is 1.49. The predicted octanol–water partition coefficient (Wildman–Crippen LogP) is 8.08. The van der Waals surface area contributed by atoms with E-state index in [9.17, 15) is 0 Å². The molecule has 39 heavy (non-hydrogen) atoms. The maximum Gasteiger partial charge on any atom is 0.110 e. The van der Waals surface area contributed by atoms with Crippen molar-refractivity contribution >= 4 is 17.6 Å². The number of ether oxygens (including phenoxy) is 1. The van der Waals surface area contributed by atoms with Crippen molar-refractivity contribution in [2.24, 2.45) is 15.9 Å². The van der Waals surface area contributed by atoms with Crippen molar-refractivity contribution in [2.45, 2.75) is 104 Å². The molecule has 3 aliphatic heterocycles. The average Bonchev–Trinajstić information content (AvgIpc) is 3.49. The summed E-state index contributed by atoms with van der Waals surface area (Å²) in [5.41, 5.74) is 11.4. The number of allylic oxidation sites excluding steroid dienone is 6. The topological polar surface area (TPSA) is 37.2 Å². The van der Waals surface area contributed by atoms with Crippen LogP contribution in [0.15, 0.2) is 57.1 Å². The van der Waals surface area contributed by atoms with Crippen LogP contribution in [0.1, 0.15) is 102 Å². The molecule has 0 saturated carbocycles. The molecule has 1 aliphatic carbocycles. The predicted molar refractivity (Wildman–Crippen MR) is 166 cm³/mol. The van der Waals surface area contributed by atoms with Crippen molar-refractivity contribution < 1.29 is 4.74 Å². The molecule has 2 saturated heterocycles. The normalized spacial score (nSPS) is 28.1. The number of piperidine rings is 1. The van der Waals surface area contributed by atoms with Crippen LogP contribution < -0.4 is 0 Å². The fraction of sp³-hybridized carbons (Fsp3) is 0.600. The van der Waals surface area contributed by atoms with E-state index in [2.05, 4.69) is 79.9 Å². The van der Waals surface area contributed by atoms with Crippen LogP contribution in [-0.4, -0.2) is 55.3 Å². The molecule has 2 atom stereocenters. The van der Waals surface area contributed by atoms with E-state index in [1.807, 2.05) is 0 Å². The first-order valence-electron chi connectivity index (χ1n) is 15.6. The zero-order chi connectivity index (χ0) is 27.4. The number of likely N-dealkylation sites (tertiary alicyclic amines) is 1. The highest BCUT2D eigenvalue weighted by Gasteiger charge is 2.29. The van der Waals surface area contributed by atoms with Crippen LogP contribution in [0.3, 0.4) is 0 Å². The molecule has 0 spiro atoms. The summed E-state index contributed by atoms with van der Waals surface area (Å²) >= 11 is 0. The minimum Gasteiger partial charge on any atom is -0.380 e. The van der Waals surface area contributed by atoms with E-state index in [1.165, 1.54) is 77.0 Å². The largest absolute Gasteiger partial charge is 0.380 e. The van der Waals surface area contributed by atoms with Crippen molar-refractivity contribution in [1.82, 2.24) is 4.90 Å². The minimum absolute atomic E-state index is 0.367. The Labute approximate surface area is 237 Å². The Morgan fingerprint density at radius 3 is 2.64 bits per heavy atom. The van der Waals surface area contributed by atoms with Gasteiger partial charge in [-0.1, -0.05) is 57.5 Å². The molecule has 1 aromatic rings. The zero-order valence-electron chi connectivity index (χ0n) is 25.0. The molecule has 0 N–H and O–H groups in total. The smallest absolute Gasteiger partial charge is 0.110 e. The van der Waals surface area contributed by atoms with Gasteiger partial charge in [-0.3, -0.25) is 9.89 Å². The Bertz CT molecular complexity index is 1170. The van der Waals surface area contributed by atoms with Gasteiger partial charge in [0.05, 0.1) is 12.6 Å². The number of hydrogen-bond acceptors (Lipinski definition) is 4. The average molecular weight is 528 g/mol. The molecule has 0 amide bonds. The van der Waals surface area contributed by atoms with Crippen LogP contribution in [0, 0.1) is 12.8 Å². The van der Waals surface area contributed by atoms with Gasteiger partial charge in [-0.25, -0.2) is 4.99 Å². The SMILES string of the molecule is CCCC(/C1=C/CCC2CC(=NC=N2)/C(C)=C\1)=C(\c1cc(C2CCN(C3CCOC3)CC2)ccc1C)C(C)C. The summed E-state index contributed by atoms with van der Waals surface area (Å²) in [5.74, 6) is 1.10. The van der Waals surface area contributed by atoms with Crippen molar-refractivity contribution in [3.63, 3.8) is 0 Å². The number of aliphatic imine (C=N–C) groups is 2. The lowest BCUT2D eigenvalue weighted by molar-refractivity contribution is 0.122. The lowest BCUT2D eigenvalue weighted by atomic mass is 9.80. The second-order valence-electron chi connectivity index (χ2n) is 12.5. The molecule has 4 aliphatic rings. The summed E-state index contributed by atoms with van der Waals surface area (Å²) in [5, 5.41) is 0. The van der Waals surface area contributed by atoms with Crippen LogP contribution in [0.4, 0.5) is 0 Å². The van der Waals surface area contributed by atoms with Crippen LogP contribution in [0.2, 0.25) is 0 Å². The summed E-state index contributed by atoms with van der Waals surface area (Å²) in [6.07, 6.45) is 15.8. The van der Waals surface area contributed by atoms with E-state index >= 15 is 0 Å². The van der Waals surface area contributed by atoms with E-state index in [0.29, 0.717) is 23.9 Å². The molecular weight excluding hydrogens is 478 g/mol. The number of fused-ring (bicyclic) bond motifs is 2. The lowest BCUT2D eigenvalue weighted by Gasteiger charge is -2.36. The monoisotopic (exact) mass is 527 g/mol. The molecule has 210 valence electrons. The van der Waals surface area contributed by atoms with Crippen molar-refractivity contribution in [2.75, 3.05) is 26.3 Å². The molecular formula is C35H49N3O. The van der Waals surface area contributed by atoms with Gasteiger partial charge in [0.15, 0.2) is 0 Å². The highest BCUT2D eigenvalue weighted by atomic mass is 16.5. The van der Waals surface area contributed by atoms with Crippen molar-refractivity contribution in [3.05, 3.63) is 63.8 Å². The first-order chi connectivity index (χ1) is 18.9. The van der Waals surface area contributed by atoms with Crippen LogP contribution in [0.25, 0.3) is 5.57 Å². The third kappa shape index (κ3) is 6.55. The molecule has 1 aromatic carbocycles. The molecule has 0 radical (unpaired) electrons. The van der Waals surface area contributed by atoms with E-state index in [-0.39, 0.29) is 0 Å². The van der Waals surface area contributed by atoms with Crippen molar-refractivity contribution in [1.29, 1.82) is 0 Å². The van der Waals surface area contributed by atoms with Gasteiger partial charge in [-0.2, -0.15) is 0 Å². The van der Waals surface area contributed by atoms with Gasteiger partial charge in [0.1, 0.15) is 6.34 Å². The first-order valence-corrected chi connectivity index (χ1v) is 15.6. The van der Waals surface area contributed by atoms with Crippen LogP contribution >= 0.6 is 0 Å². The summed E-state index contributed by atoms with van der Waals surface area (Å²) in [7, 11) is 0. The molecule has 3 heterocycles. The van der Waals surface area contributed by atoms with Crippen LogP contribution in [0.5, 0.6) is 0 Å². The standard InChI is InChI=1S/C35H49N3O/c1-6-8-32(29-9-7-10-30-21-34(26(5)19-29)37-23-36-30)35(24(2)3)33-20-28(12-11-25(33)4)27-13-16-38(17-14-27)31-15-18-39-22-31/h9,11-12,19-20,23-24,27,30-31H,6-8,10,13-18,21-22H2,1-5H3/b26-19-,29-9+,35-32+. The summed E-state index contributed by atoms with van der Waals surface area (Å²) in [4.78, 5) is 12.0. The fourth-order valence-corrected chi connectivity index (χ4v) is 7.08. The molecule has 2 bridgehead atoms. The number of hydrogen-bond donors (Lipinski definition) is 0.